The van der Waals surface area contributed by atoms with Crippen LogP contribution in [-0.4, -0.2) is 26.2 Å². The Morgan fingerprint density at radius 2 is 2.06 bits per heavy atom. The normalized spacial score (nSPS) is 11.2. The molecule has 1 unspecified atom stereocenters. The molecular weight excluding hydrogens is 230 g/mol. The van der Waals surface area contributed by atoms with Gasteiger partial charge < -0.3 is 14.8 Å². The van der Waals surface area contributed by atoms with Crippen molar-refractivity contribution >= 4 is 5.91 Å². The number of amides is 1. The molecule has 4 heteroatoms. The Labute approximate surface area is 107 Å². The van der Waals surface area contributed by atoms with Gasteiger partial charge in [0.25, 0.3) is 5.91 Å². The number of hydrogen-bond donors (Lipinski definition) is 1. The summed E-state index contributed by atoms with van der Waals surface area (Å²) in [5, 5.41) is 2.75. The molecule has 0 bridgehead atoms. The Bertz CT molecular complexity index is 463. The van der Waals surface area contributed by atoms with E-state index in [2.05, 4.69) is 11.2 Å². The van der Waals surface area contributed by atoms with Gasteiger partial charge in [0.1, 0.15) is 0 Å². The first-order valence-electron chi connectivity index (χ1n) is 5.65. The molecule has 0 aliphatic rings. The summed E-state index contributed by atoms with van der Waals surface area (Å²) in [6, 6.07) is 4.72. The largest absolute Gasteiger partial charge is 0.493 e. The topological polar surface area (TPSA) is 47.6 Å². The molecule has 1 N–H and O–H groups in total. The minimum absolute atomic E-state index is 0.222. The van der Waals surface area contributed by atoms with Crippen molar-refractivity contribution in [3.8, 4) is 23.8 Å². The molecule has 1 aromatic rings. The Kier molecular flexibility index (Phi) is 5.06. The number of hydrogen-bond acceptors (Lipinski definition) is 3. The van der Waals surface area contributed by atoms with Crippen molar-refractivity contribution in [1.29, 1.82) is 0 Å². The zero-order chi connectivity index (χ0) is 13.5. The van der Waals surface area contributed by atoms with E-state index in [-0.39, 0.29) is 11.9 Å². The van der Waals surface area contributed by atoms with Crippen molar-refractivity contribution in [2.24, 2.45) is 0 Å². The van der Waals surface area contributed by atoms with E-state index in [9.17, 15) is 4.79 Å². The summed E-state index contributed by atoms with van der Waals surface area (Å²) in [5.41, 5.74) is 0.487. The van der Waals surface area contributed by atoms with Gasteiger partial charge in [-0.05, 0) is 24.6 Å². The summed E-state index contributed by atoms with van der Waals surface area (Å²) in [5.74, 6) is 3.39. The molecule has 0 saturated heterocycles. The van der Waals surface area contributed by atoms with Gasteiger partial charge in [-0.2, -0.15) is 0 Å². The van der Waals surface area contributed by atoms with E-state index in [1.165, 1.54) is 7.11 Å². The van der Waals surface area contributed by atoms with Crippen LogP contribution in [0.3, 0.4) is 0 Å². The van der Waals surface area contributed by atoms with Crippen molar-refractivity contribution < 1.29 is 14.3 Å². The van der Waals surface area contributed by atoms with Crippen LogP contribution in [0.1, 0.15) is 23.7 Å². The molecule has 0 spiro atoms. The van der Waals surface area contributed by atoms with Gasteiger partial charge in [0, 0.05) is 5.56 Å². The SMILES string of the molecule is C#CC(CC)NC(=O)c1ccc(OC)c(OC)c1. The van der Waals surface area contributed by atoms with E-state index in [0.29, 0.717) is 23.5 Å². The van der Waals surface area contributed by atoms with Crippen molar-refractivity contribution in [3.63, 3.8) is 0 Å². The Morgan fingerprint density at radius 3 is 2.56 bits per heavy atom. The van der Waals surface area contributed by atoms with Crippen LogP contribution in [0.2, 0.25) is 0 Å². The lowest BCUT2D eigenvalue weighted by atomic mass is 10.1. The third-order valence-electron chi connectivity index (χ3n) is 2.56. The van der Waals surface area contributed by atoms with Gasteiger partial charge in [-0.15, -0.1) is 6.42 Å². The monoisotopic (exact) mass is 247 g/mol. The molecule has 0 aliphatic carbocycles. The highest BCUT2D eigenvalue weighted by molar-refractivity contribution is 5.95. The highest BCUT2D eigenvalue weighted by Crippen LogP contribution is 2.27. The van der Waals surface area contributed by atoms with Gasteiger partial charge in [0.05, 0.1) is 20.3 Å². The average Bonchev–Trinajstić information content (AvgIpc) is 2.43. The molecule has 0 aliphatic heterocycles. The number of terminal acetylenes is 1. The van der Waals surface area contributed by atoms with Crippen LogP contribution >= 0.6 is 0 Å². The summed E-state index contributed by atoms with van der Waals surface area (Å²) < 4.78 is 10.2. The lowest BCUT2D eigenvalue weighted by molar-refractivity contribution is 0.0944. The molecular formula is C14H17NO3. The lowest BCUT2D eigenvalue weighted by Gasteiger charge is -2.12. The standard InChI is InChI=1S/C14H17NO3/c1-5-11(6-2)15-14(16)10-7-8-12(17-3)13(9-10)18-4/h1,7-9,11H,6H2,2-4H3,(H,15,16). The second kappa shape index (κ2) is 6.55. The first kappa shape index (κ1) is 13.9. The molecule has 1 rings (SSSR count). The Morgan fingerprint density at radius 1 is 1.39 bits per heavy atom. The van der Waals surface area contributed by atoms with E-state index in [1.54, 1.807) is 25.3 Å². The minimum atomic E-state index is -0.259. The first-order chi connectivity index (χ1) is 8.65. The number of rotatable bonds is 5. The number of carbonyl (C=O) groups excluding carboxylic acids is 1. The van der Waals surface area contributed by atoms with Crippen molar-refractivity contribution in [2.75, 3.05) is 14.2 Å². The van der Waals surface area contributed by atoms with Gasteiger partial charge in [0.15, 0.2) is 11.5 Å². The van der Waals surface area contributed by atoms with Crippen LogP contribution in [0.15, 0.2) is 18.2 Å². The first-order valence-corrected chi connectivity index (χ1v) is 5.65. The van der Waals surface area contributed by atoms with Crippen LogP contribution in [0.25, 0.3) is 0 Å². The van der Waals surface area contributed by atoms with Crippen LogP contribution < -0.4 is 14.8 Å². The van der Waals surface area contributed by atoms with Crippen molar-refractivity contribution in [3.05, 3.63) is 23.8 Å². The summed E-state index contributed by atoms with van der Waals surface area (Å²) in [6.45, 7) is 1.92. The Balaban J connectivity index is 2.90. The molecule has 4 nitrogen and oxygen atoms in total. The molecule has 96 valence electrons. The fourth-order valence-corrected chi connectivity index (χ4v) is 1.48. The van der Waals surface area contributed by atoms with E-state index >= 15 is 0 Å². The molecule has 18 heavy (non-hydrogen) atoms. The summed E-state index contributed by atoms with van der Waals surface area (Å²) in [7, 11) is 3.07. The van der Waals surface area contributed by atoms with Crippen LogP contribution in [0, 0.1) is 12.3 Å². The number of nitrogens with one attached hydrogen (secondary N) is 1. The quantitative estimate of drug-likeness (QED) is 0.808. The van der Waals surface area contributed by atoms with Gasteiger partial charge in [0.2, 0.25) is 0 Å². The Hall–Kier alpha value is -2.15. The molecule has 1 aromatic carbocycles. The maximum Gasteiger partial charge on any atom is 0.252 e. The second-order valence-electron chi connectivity index (χ2n) is 3.67. The van der Waals surface area contributed by atoms with Gasteiger partial charge in [-0.1, -0.05) is 12.8 Å². The van der Waals surface area contributed by atoms with E-state index in [0.717, 1.165) is 0 Å². The van der Waals surface area contributed by atoms with E-state index in [4.69, 9.17) is 15.9 Å². The molecule has 0 fully saturated rings. The molecule has 0 saturated carbocycles. The van der Waals surface area contributed by atoms with E-state index < -0.39 is 0 Å². The summed E-state index contributed by atoms with van der Waals surface area (Å²) >= 11 is 0. The minimum Gasteiger partial charge on any atom is -0.493 e. The highest BCUT2D eigenvalue weighted by Gasteiger charge is 2.12. The molecule has 0 radical (unpaired) electrons. The van der Waals surface area contributed by atoms with Gasteiger partial charge in [-0.25, -0.2) is 0 Å². The predicted octanol–water partition coefficient (Wildman–Crippen LogP) is 1.85. The molecule has 0 heterocycles. The van der Waals surface area contributed by atoms with E-state index in [1.807, 2.05) is 6.92 Å². The van der Waals surface area contributed by atoms with Crippen LogP contribution in [-0.2, 0) is 0 Å². The van der Waals surface area contributed by atoms with Crippen molar-refractivity contribution in [1.82, 2.24) is 5.32 Å². The third-order valence-corrected chi connectivity index (χ3v) is 2.56. The molecule has 0 aromatic heterocycles. The number of methoxy groups -OCH3 is 2. The van der Waals surface area contributed by atoms with Gasteiger partial charge in [-0.3, -0.25) is 4.79 Å². The van der Waals surface area contributed by atoms with Gasteiger partial charge >= 0.3 is 0 Å². The summed E-state index contributed by atoms with van der Waals surface area (Å²) in [4.78, 5) is 11.9. The fourth-order valence-electron chi connectivity index (χ4n) is 1.48. The average molecular weight is 247 g/mol. The number of carbonyl (C=O) groups is 1. The third kappa shape index (κ3) is 3.17. The summed E-state index contributed by atoms with van der Waals surface area (Å²) in [6.07, 6.45) is 5.99. The number of ether oxygens (including phenoxy) is 2. The smallest absolute Gasteiger partial charge is 0.252 e. The highest BCUT2D eigenvalue weighted by atomic mass is 16.5. The van der Waals surface area contributed by atoms with Crippen LogP contribution in [0.4, 0.5) is 0 Å². The molecule has 1 amide bonds. The maximum atomic E-state index is 11.9. The lowest BCUT2D eigenvalue weighted by Crippen LogP contribution is -2.33. The number of benzene rings is 1. The van der Waals surface area contributed by atoms with Crippen molar-refractivity contribution in [2.45, 2.75) is 19.4 Å². The fraction of sp³-hybridized carbons (Fsp3) is 0.357. The van der Waals surface area contributed by atoms with Crippen LogP contribution in [0.5, 0.6) is 11.5 Å². The zero-order valence-electron chi connectivity index (χ0n) is 10.8. The predicted molar refractivity (Wildman–Crippen MR) is 69.9 cm³/mol. The second-order valence-corrected chi connectivity index (χ2v) is 3.67. The zero-order valence-corrected chi connectivity index (χ0v) is 10.8. The molecule has 1 atom stereocenters. The maximum absolute atomic E-state index is 11.9.